The second kappa shape index (κ2) is 6.72. The van der Waals surface area contributed by atoms with Crippen molar-refractivity contribution in [1.29, 1.82) is 5.26 Å². The van der Waals surface area contributed by atoms with E-state index < -0.39 is 0 Å². The molecular formula is C17H18N2. The van der Waals surface area contributed by atoms with Gasteiger partial charge >= 0.3 is 0 Å². The van der Waals surface area contributed by atoms with Crippen LogP contribution < -0.4 is 0 Å². The van der Waals surface area contributed by atoms with Gasteiger partial charge in [-0.2, -0.15) is 5.26 Å². The molecule has 0 aromatic heterocycles. The predicted molar refractivity (Wildman–Crippen MR) is 77.3 cm³/mol. The van der Waals surface area contributed by atoms with E-state index in [0.717, 1.165) is 6.54 Å². The fraction of sp³-hybridized carbons (Fsp3) is 0.235. The Labute approximate surface area is 114 Å². The van der Waals surface area contributed by atoms with Gasteiger partial charge in [0.25, 0.3) is 0 Å². The third-order valence-corrected chi connectivity index (χ3v) is 3.28. The quantitative estimate of drug-likeness (QED) is 0.807. The van der Waals surface area contributed by atoms with Crippen LogP contribution in [0.2, 0.25) is 0 Å². The molecule has 2 aromatic carbocycles. The summed E-state index contributed by atoms with van der Waals surface area (Å²) in [5, 5.41) is 9.04. The molecule has 1 atom stereocenters. The molecule has 0 saturated heterocycles. The first-order valence-electron chi connectivity index (χ1n) is 6.47. The average Bonchev–Trinajstić information content (AvgIpc) is 2.46. The molecule has 2 aromatic rings. The second-order valence-corrected chi connectivity index (χ2v) is 4.69. The fourth-order valence-corrected chi connectivity index (χ4v) is 2.27. The highest BCUT2D eigenvalue weighted by atomic mass is 15.1. The van der Waals surface area contributed by atoms with E-state index in [9.17, 15) is 0 Å². The minimum absolute atomic E-state index is 0.145. The van der Waals surface area contributed by atoms with E-state index in [1.165, 1.54) is 11.1 Å². The van der Waals surface area contributed by atoms with Gasteiger partial charge in [0.05, 0.1) is 12.5 Å². The zero-order valence-electron chi connectivity index (χ0n) is 11.2. The number of benzene rings is 2. The molecule has 0 amide bonds. The maximum Gasteiger partial charge on any atom is 0.0641 e. The van der Waals surface area contributed by atoms with E-state index in [2.05, 4.69) is 42.3 Å². The molecule has 0 heterocycles. The van der Waals surface area contributed by atoms with Gasteiger partial charge in [-0.1, -0.05) is 60.7 Å². The van der Waals surface area contributed by atoms with E-state index in [1.54, 1.807) is 0 Å². The molecule has 2 heteroatoms. The highest BCUT2D eigenvalue weighted by Gasteiger charge is 2.16. The lowest BCUT2D eigenvalue weighted by atomic mass is 10.0. The largest absolute Gasteiger partial charge is 0.294 e. The minimum atomic E-state index is 0.145. The normalized spacial score (nSPS) is 12.1. The highest BCUT2D eigenvalue weighted by Crippen LogP contribution is 2.24. The summed E-state index contributed by atoms with van der Waals surface area (Å²) in [5.41, 5.74) is 2.46. The summed E-state index contributed by atoms with van der Waals surface area (Å²) < 4.78 is 0. The lowest BCUT2D eigenvalue weighted by Gasteiger charge is -2.26. The van der Waals surface area contributed by atoms with Gasteiger partial charge in [0.1, 0.15) is 0 Å². The summed E-state index contributed by atoms with van der Waals surface area (Å²) >= 11 is 0. The minimum Gasteiger partial charge on any atom is -0.294 e. The molecular weight excluding hydrogens is 232 g/mol. The monoisotopic (exact) mass is 250 g/mol. The molecule has 0 aliphatic carbocycles. The molecule has 0 radical (unpaired) electrons. The van der Waals surface area contributed by atoms with Crippen molar-refractivity contribution in [3.8, 4) is 6.07 Å². The Morgan fingerprint density at radius 2 is 1.58 bits per heavy atom. The Bertz CT molecular complexity index is 528. The molecule has 0 spiro atoms. The Morgan fingerprint density at radius 1 is 1.00 bits per heavy atom. The summed E-state index contributed by atoms with van der Waals surface area (Å²) in [5.74, 6) is 0. The summed E-state index contributed by atoms with van der Waals surface area (Å²) in [7, 11) is 2.07. The van der Waals surface area contributed by atoms with Crippen molar-refractivity contribution in [2.75, 3.05) is 7.05 Å². The third-order valence-electron chi connectivity index (χ3n) is 3.28. The number of rotatable bonds is 5. The molecule has 96 valence electrons. The van der Waals surface area contributed by atoms with Gasteiger partial charge < -0.3 is 0 Å². The smallest absolute Gasteiger partial charge is 0.0641 e. The molecule has 2 nitrogen and oxygen atoms in total. The van der Waals surface area contributed by atoms with Gasteiger partial charge in [-0.3, -0.25) is 4.90 Å². The van der Waals surface area contributed by atoms with Gasteiger partial charge in [0.15, 0.2) is 0 Å². The van der Waals surface area contributed by atoms with Gasteiger partial charge in [-0.25, -0.2) is 0 Å². The Kier molecular flexibility index (Phi) is 4.72. The number of nitriles is 1. The second-order valence-electron chi connectivity index (χ2n) is 4.69. The fourth-order valence-electron chi connectivity index (χ4n) is 2.27. The standard InChI is InChI=1S/C17H18N2/c1-19(14-15-8-4-2-5-9-15)17(12-13-18)16-10-6-3-7-11-16/h2-11,17H,12,14H2,1H3. The number of hydrogen-bond donors (Lipinski definition) is 0. The van der Waals surface area contributed by atoms with Crippen LogP contribution in [-0.2, 0) is 6.54 Å². The molecule has 0 N–H and O–H groups in total. The topological polar surface area (TPSA) is 27.0 Å². The predicted octanol–water partition coefficient (Wildman–Crippen LogP) is 3.77. The zero-order valence-corrected chi connectivity index (χ0v) is 11.2. The van der Waals surface area contributed by atoms with Crippen LogP contribution in [0.4, 0.5) is 0 Å². The van der Waals surface area contributed by atoms with Crippen molar-refractivity contribution in [3.05, 3.63) is 71.8 Å². The summed E-state index contributed by atoms with van der Waals surface area (Å²) in [6, 6.07) is 23.0. The molecule has 0 aliphatic heterocycles. The number of hydrogen-bond acceptors (Lipinski definition) is 2. The lowest BCUT2D eigenvalue weighted by molar-refractivity contribution is 0.239. The molecule has 2 rings (SSSR count). The van der Waals surface area contributed by atoms with Crippen LogP contribution in [-0.4, -0.2) is 11.9 Å². The molecule has 0 aliphatic rings. The molecule has 0 saturated carbocycles. The Morgan fingerprint density at radius 3 is 2.16 bits per heavy atom. The van der Waals surface area contributed by atoms with Gasteiger partial charge in [0, 0.05) is 12.6 Å². The average molecular weight is 250 g/mol. The van der Waals surface area contributed by atoms with Crippen LogP contribution >= 0.6 is 0 Å². The highest BCUT2D eigenvalue weighted by molar-refractivity contribution is 5.21. The van der Waals surface area contributed by atoms with Crippen LogP contribution in [0.1, 0.15) is 23.6 Å². The summed E-state index contributed by atoms with van der Waals surface area (Å²) in [4.78, 5) is 2.23. The molecule has 0 bridgehead atoms. The van der Waals surface area contributed by atoms with E-state index in [1.807, 2.05) is 36.4 Å². The van der Waals surface area contributed by atoms with Crippen molar-refractivity contribution in [3.63, 3.8) is 0 Å². The third kappa shape index (κ3) is 3.67. The first-order chi connectivity index (χ1) is 9.31. The number of nitrogens with zero attached hydrogens (tertiary/aromatic N) is 2. The van der Waals surface area contributed by atoms with Crippen LogP contribution in [0.5, 0.6) is 0 Å². The lowest BCUT2D eigenvalue weighted by Crippen LogP contribution is -2.24. The van der Waals surface area contributed by atoms with Crippen molar-refractivity contribution in [1.82, 2.24) is 4.90 Å². The van der Waals surface area contributed by atoms with Gasteiger partial charge in [0.2, 0.25) is 0 Å². The van der Waals surface area contributed by atoms with Crippen molar-refractivity contribution >= 4 is 0 Å². The first kappa shape index (κ1) is 13.3. The van der Waals surface area contributed by atoms with Crippen LogP contribution in [0, 0.1) is 11.3 Å². The molecule has 19 heavy (non-hydrogen) atoms. The van der Waals surface area contributed by atoms with Crippen molar-refractivity contribution in [2.45, 2.75) is 19.0 Å². The van der Waals surface area contributed by atoms with E-state index in [-0.39, 0.29) is 6.04 Å². The zero-order chi connectivity index (χ0) is 13.5. The van der Waals surface area contributed by atoms with Crippen molar-refractivity contribution in [2.24, 2.45) is 0 Å². The van der Waals surface area contributed by atoms with E-state index in [4.69, 9.17) is 5.26 Å². The summed E-state index contributed by atoms with van der Waals surface area (Å²) in [6.45, 7) is 0.849. The van der Waals surface area contributed by atoms with Crippen LogP contribution in [0.3, 0.4) is 0 Å². The SMILES string of the molecule is CN(Cc1ccccc1)C(CC#N)c1ccccc1. The maximum atomic E-state index is 9.04. The van der Waals surface area contributed by atoms with Crippen LogP contribution in [0.25, 0.3) is 0 Å². The van der Waals surface area contributed by atoms with Crippen molar-refractivity contribution < 1.29 is 0 Å². The van der Waals surface area contributed by atoms with Gasteiger partial charge in [-0.15, -0.1) is 0 Å². The molecule has 1 unspecified atom stereocenters. The first-order valence-corrected chi connectivity index (χ1v) is 6.47. The maximum absolute atomic E-state index is 9.04. The van der Waals surface area contributed by atoms with E-state index >= 15 is 0 Å². The van der Waals surface area contributed by atoms with Gasteiger partial charge in [-0.05, 0) is 18.2 Å². The Balaban J connectivity index is 2.14. The summed E-state index contributed by atoms with van der Waals surface area (Å²) in [6.07, 6.45) is 0.507. The van der Waals surface area contributed by atoms with Crippen LogP contribution in [0.15, 0.2) is 60.7 Å². The Hall–Kier alpha value is -2.11. The van der Waals surface area contributed by atoms with E-state index in [0.29, 0.717) is 6.42 Å². The molecule has 0 fully saturated rings.